The Hall–Kier alpha value is -3.27. The van der Waals surface area contributed by atoms with Crippen LogP contribution in [-0.4, -0.2) is 55.8 Å². The summed E-state index contributed by atoms with van der Waals surface area (Å²) >= 11 is 0. The number of benzene rings is 3. The van der Waals surface area contributed by atoms with Gasteiger partial charge in [-0.15, -0.1) is 0 Å². The predicted octanol–water partition coefficient (Wildman–Crippen LogP) is 5.51. The number of nitrogens with one attached hydrogen (secondary N) is 1. The molecule has 2 aliphatic rings. The number of hydrogen-bond donors (Lipinski definition) is 1. The molecule has 0 radical (unpaired) electrons. The van der Waals surface area contributed by atoms with Gasteiger partial charge in [0, 0.05) is 43.5 Å². The van der Waals surface area contributed by atoms with E-state index in [0.29, 0.717) is 49.4 Å². The molecule has 1 amide bonds. The van der Waals surface area contributed by atoms with Gasteiger partial charge >= 0.3 is 0 Å². The molecule has 3 aromatic carbocycles. The molecule has 1 N–H and O–H groups in total. The molecule has 0 aromatic heterocycles. The zero-order valence-electron chi connectivity index (χ0n) is 21.2. The fourth-order valence-electron chi connectivity index (χ4n) is 5.17. The molecule has 1 saturated carbocycles. The number of anilines is 1. The van der Waals surface area contributed by atoms with Gasteiger partial charge in [0.2, 0.25) is 10.0 Å². The van der Waals surface area contributed by atoms with Crippen molar-refractivity contribution >= 4 is 21.6 Å². The second kappa shape index (κ2) is 11.6. The van der Waals surface area contributed by atoms with E-state index < -0.39 is 26.6 Å². The standard InChI is InChI=1S/C29H32FN3O4S/c30-27-16-11-22(29(34)31-23-12-14-26(15-13-23)37-25-9-5-2-6-10-25)21-28(27)38(35,36)33-19-17-32(18-20-33)24-7-3-1-4-8-24/h2,5-6,9-16,21,24H,1,3-4,7-8,17-20H2,(H,31,34). The van der Waals surface area contributed by atoms with Gasteiger partial charge in [0.1, 0.15) is 22.2 Å². The van der Waals surface area contributed by atoms with Crippen molar-refractivity contribution in [2.24, 2.45) is 0 Å². The summed E-state index contributed by atoms with van der Waals surface area (Å²) in [5.74, 6) is -0.0911. The molecule has 5 rings (SSSR count). The van der Waals surface area contributed by atoms with Crippen molar-refractivity contribution in [1.29, 1.82) is 0 Å². The Morgan fingerprint density at radius 3 is 2.18 bits per heavy atom. The van der Waals surface area contributed by atoms with Crippen LogP contribution in [0.4, 0.5) is 10.1 Å². The van der Waals surface area contributed by atoms with Crippen LogP contribution in [0.3, 0.4) is 0 Å². The SMILES string of the molecule is O=C(Nc1ccc(Oc2ccccc2)cc1)c1ccc(F)c(S(=O)(=O)N2CCN(C3CCCCC3)CC2)c1. The first-order valence-corrected chi connectivity index (χ1v) is 14.5. The first-order valence-electron chi connectivity index (χ1n) is 13.1. The molecule has 200 valence electrons. The average Bonchev–Trinajstić information content (AvgIpc) is 2.95. The van der Waals surface area contributed by atoms with Gasteiger partial charge in [0.15, 0.2) is 0 Å². The predicted molar refractivity (Wildman–Crippen MR) is 145 cm³/mol. The Bertz CT molecular complexity index is 1350. The van der Waals surface area contributed by atoms with Crippen LogP contribution in [0.25, 0.3) is 0 Å². The van der Waals surface area contributed by atoms with Gasteiger partial charge in [-0.3, -0.25) is 9.69 Å². The third-order valence-electron chi connectivity index (χ3n) is 7.27. The summed E-state index contributed by atoms with van der Waals surface area (Å²) in [6, 6.07) is 20.1. The molecule has 38 heavy (non-hydrogen) atoms. The van der Waals surface area contributed by atoms with Crippen molar-refractivity contribution in [3.05, 3.63) is 84.2 Å². The second-order valence-corrected chi connectivity index (χ2v) is 11.7. The molecule has 0 atom stereocenters. The van der Waals surface area contributed by atoms with E-state index in [1.165, 1.54) is 29.6 Å². The number of rotatable bonds is 7. The molecular formula is C29H32FN3O4S. The summed E-state index contributed by atoms with van der Waals surface area (Å²) in [4.78, 5) is 14.8. The lowest BCUT2D eigenvalue weighted by Crippen LogP contribution is -2.52. The van der Waals surface area contributed by atoms with Crippen LogP contribution in [0, 0.1) is 5.82 Å². The Balaban J connectivity index is 1.24. The zero-order chi connectivity index (χ0) is 26.5. The van der Waals surface area contributed by atoms with E-state index >= 15 is 0 Å². The molecule has 1 saturated heterocycles. The van der Waals surface area contributed by atoms with E-state index in [9.17, 15) is 17.6 Å². The number of halogens is 1. The van der Waals surface area contributed by atoms with E-state index in [-0.39, 0.29) is 5.56 Å². The fraction of sp³-hybridized carbons (Fsp3) is 0.345. The minimum Gasteiger partial charge on any atom is -0.457 e. The van der Waals surface area contributed by atoms with Gasteiger partial charge in [-0.25, -0.2) is 12.8 Å². The maximum Gasteiger partial charge on any atom is 0.255 e. The summed E-state index contributed by atoms with van der Waals surface area (Å²) < 4.78 is 48.5. The fourth-order valence-corrected chi connectivity index (χ4v) is 6.68. The van der Waals surface area contributed by atoms with Crippen LogP contribution in [0.1, 0.15) is 42.5 Å². The largest absolute Gasteiger partial charge is 0.457 e. The third-order valence-corrected chi connectivity index (χ3v) is 9.18. The summed E-state index contributed by atoms with van der Waals surface area (Å²) in [7, 11) is -4.08. The van der Waals surface area contributed by atoms with Gasteiger partial charge < -0.3 is 10.1 Å². The van der Waals surface area contributed by atoms with Crippen molar-refractivity contribution < 1.29 is 22.3 Å². The topological polar surface area (TPSA) is 78.9 Å². The smallest absolute Gasteiger partial charge is 0.255 e. The highest BCUT2D eigenvalue weighted by atomic mass is 32.2. The van der Waals surface area contributed by atoms with Gasteiger partial charge in [-0.2, -0.15) is 4.31 Å². The van der Waals surface area contributed by atoms with Crippen LogP contribution in [0.2, 0.25) is 0 Å². The van der Waals surface area contributed by atoms with Crippen LogP contribution in [0.5, 0.6) is 11.5 Å². The molecular weight excluding hydrogens is 505 g/mol. The number of sulfonamides is 1. The first-order chi connectivity index (χ1) is 18.4. The molecule has 1 aliphatic heterocycles. The van der Waals surface area contributed by atoms with E-state index in [1.807, 2.05) is 30.3 Å². The molecule has 0 spiro atoms. The second-order valence-electron chi connectivity index (χ2n) is 9.77. The van der Waals surface area contributed by atoms with E-state index in [2.05, 4.69) is 10.2 Å². The van der Waals surface area contributed by atoms with Crippen LogP contribution >= 0.6 is 0 Å². The van der Waals surface area contributed by atoms with Crippen molar-refractivity contribution in [2.45, 2.75) is 43.0 Å². The molecule has 0 unspecified atom stereocenters. The Labute approximate surface area is 223 Å². The Kier molecular flexibility index (Phi) is 8.06. The third kappa shape index (κ3) is 6.06. The number of carbonyl (C=O) groups is 1. The monoisotopic (exact) mass is 537 g/mol. The molecule has 1 heterocycles. The molecule has 7 nitrogen and oxygen atoms in total. The van der Waals surface area contributed by atoms with Gasteiger partial charge in [-0.05, 0) is 67.4 Å². The number of carbonyl (C=O) groups excluding carboxylic acids is 1. The van der Waals surface area contributed by atoms with Gasteiger partial charge in [0.05, 0.1) is 0 Å². The van der Waals surface area contributed by atoms with Crippen molar-refractivity contribution in [1.82, 2.24) is 9.21 Å². The van der Waals surface area contributed by atoms with E-state index in [4.69, 9.17) is 4.74 Å². The summed E-state index contributed by atoms with van der Waals surface area (Å²) in [6.45, 7) is 1.89. The van der Waals surface area contributed by atoms with Crippen molar-refractivity contribution in [3.8, 4) is 11.5 Å². The number of nitrogens with zero attached hydrogens (tertiary/aromatic N) is 2. The van der Waals surface area contributed by atoms with Crippen LogP contribution in [-0.2, 0) is 10.0 Å². The minimum atomic E-state index is -4.08. The summed E-state index contributed by atoms with van der Waals surface area (Å²) in [6.07, 6.45) is 6.01. The van der Waals surface area contributed by atoms with Gasteiger partial charge in [0.25, 0.3) is 5.91 Å². The minimum absolute atomic E-state index is 0.0652. The maximum absolute atomic E-state index is 14.7. The highest BCUT2D eigenvalue weighted by Gasteiger charge is 2.33. The number of hydrogen-bond acceptors (Lipinski definition) is 5. The maximum atomic E-state index is 14.7. The van der Waals surface area contributed by atoms with Gasteiger partial charge in [-0.1, -0.05) is 37.5 Å². The number of para-hydroxylation sites is 1. The highest BCUT2D eigenvalue weighted by Crippen LogP contribution is 2.27. The number of amides is 1. The molecule has 2 fully saturated rings. The normalized spacial score (nSPS) is 17.7. The molecule has 9 heteroatoms. The van der Waals surface area contributed by atoms with E-state index in [1.54, 1.807) is 24.3 Å². The zero-order valence-corrected chi connectivity index (χ0v) is 22.0. The molecule has 0 bridgehead atoms. The number of ether oxygens (including phenoxy) is 1. The lowest BCUT2D eigenvalue weighted by molar-refractivity contribution is 0.102. The highest BCUT2D eigenvalue weighted by molar-refractivity contribution is 7.89. The van der Waals surface area contributed by atoms with Crippen LogP contribution in [0.15, 0.2) is 77.7 Å². The Morgan fingerprint density at radius 1 is 0.842 bits per heavy atom. The van der Waals surface area contributed by atoms with Crippen molar-refractivity contribution in [3.63, 3.8) is 0 Å². The van der Waals surface area contributed by atoms with Crippen molar-refractivity contribution in [2.75, 3.05) is 31.5 Å². The number of piperazine rings is 1. The molecule has 1 aliphatic carbocycles. The average molecular weight is 538 g/mol. The molecule has 3 aromatic rings. The summed E-state index contributed by atoms with van der Waals surface area (Å²) in [5, 5.41) is 2.74. The lowest BCUT2D eigenvalue weighted by atomic mass is 9.94. The lowest BCUT2D eigenvalue weighted by Gasteiger charge is -2.40. The first kappa shape index (κ1) is 26.3. The summed E-state index contributed by atoms with van der Waals surface area (Å²) in [5.41, 5.74) is 0.568. The quantitative estimate of drug-likeness (QED) is 0.430. The van der Waals surface area contributed by atoms with E-state index in [0.717, 1.165) is 25.0 Å². The van der Waals surface area contributed by atoms with Crippen LogP contribution < -0.4 is 10.1 Å². The Morgan fingerprint density at radius 2 is 1.50 bits per heavy atom.